The van der Waals surface area contributed by atoms with Crippen LogP contribution in [0.1, 0.15) is 64.6 Å². The molecule has 0 bridgehead atoms. The zero-order valence-electron chi connectivity index (χ0n) is 17.8. The molecule has 1 amide bonds. The van der Waals surface area contributed by atoms with E-state index in [1.807, 2.05) is 36.1 Å². The average Bonchev–Trinajstić information content (AvgIpc) is 3.40. The molecule has 1 atom stereocenters. The topological polar surface area (TPSA) is 84.2 Å². The number of ether oxygens (including phenoxy) is 1. The SMILES string of the molecule is CCc1[nH]nc(C(=O)N2CCCC(c3ncc(Cc4cccc(OC)c4)o3)C2)c1C. The quantitative estimate of drug-likeness (QED) is 0.669. The summed E-state index contributed by atoms with van der Waals surface area (Å²) in [5, 5.41) is 7.24. The highest BCUT2D eigenvalue weighted by atomic mass is 16.5. The van der Waals surface area contributed by atoms with Gasteiger partial charge in [-0.2, -0.15) is 5.10 Å². The normalized spacial score (nSPS) is 16.6. The minimum atomic E-state index is -0.0173. The maximum atomic E-state index is 13.0. The lowest BCUT2D eigenvalue weighted by Crippen LogP contribution is -2.39. The van der Waals surface area contributed by atoms with Gasteiger partial charge >= 0.3 is 0 Å². The van der Waals surface area contributed by atoms with Crippen LogP contribution in [0.4, 0.5) is 0 Å². The molecule has 0 radical (unpaired) electrons. The number of nitrogens with zero attached hydrogens (tertiary/aromatic N) is 3. The lowest BCUT2D eigenvalue weighted by Gasteiger charge is -2.31. The fourth-order valence-electron chi connectivity index (χ4n) is 4.08. The first kappa shape index (κ1) is 20.2. The summed E-state index contributed by atoms with van der Waals surface area (Å²) in [6.45, 7) is 5.35. The molecule has 1 unspecified atom stereocenters. The predicted molar refractivity (Wildman–Crippen MR) is 113 cm³/mol. The summed E-state index contributed by atoms with van der Waals surface area (Å²) < 4.78 is 11.4. The van der Waals surface area contributed by atoms with Crippen LogP contribution in [0.3, 0.4) is 0 Å². The minimum Gasteiger partial charge on any atom is -0.497 e. The van der Waals surface area contributed by atoms with Crippen LogP contribution in [0.5, 0.6) is 5.75 Å². The molecular formula is C23H28N4O3. The third-order valence-corrected chi connectivity index (χ3v) is 5.81. The van der Waals surface area contributed by atoms with E-state index < -0.39 is 0 Å². The largest absolute Gasteiger partial charge is 0.497 e. The molecule has 3 heterocycles. The summed E-state index contributed by atoms with van der Waals surface area (Å²) in [5.74, 6) is 2.44. The summed E-state index contributed by atoms with van der Waals surface area (Å²) in [6.07, 6.45) is 5.17. The molecule has 0 spiro atoms. The van der Waals surface area contributed by atoms with Gasteiger partial charge in [-0.25, -0.2) is 4.98 Å². The van der Waals surface area contributed by atoms with Crippen molar-refractivity contribution in [1.29, 1.82) is 0 Å². The van der Waals surface area contributed by atoms with Crippen LogP contribution in [-0.4, -0.2) is 46.2 Å². The van der Waals surface area contributed by atoms with Gasteiger partial charge in [0.05, 0.1) is 19.2 Å². The second kappa shape index (κ2) is 8.73. The third kappa shape index (κ3) is 4.10. The van der Waals surface area contributed by atoms with Crippen molar-refractivity contribution in [2.24, 2.45) is 0 Å². The molecule has 1 aliphatic heterocycles. The van der Waals surface area contributed by atoms with Crippen molar-refractivity contribution in [2.75, 3.05) is 20.2 Å². The number of benzene rings is 1. The van der Waals surface area contributed by atoms with E-state index in [1.165, 1.54) is 0 Å². The van der Waals surface area contributed by atoms with Crippen molar-refractivity contribution in [3.63, 3.8) is 0 Å². The van der Waals surface area contributed by atoms with Crippen LogP contribution in [0.15, 0.2) is 34.9 Å². The van der Waals surface area contributed by atoms with E-state index in [1.54, 1.807) is 13.3 Å². The number of amides is 1. The number of oxazole rings is 1. The first-order valence-electron chi connectivity index (χ1n) is 10.5. The molecule has 0 saturated carbocycles. The van der Waals surface area contributed by atoms with Crippen LogP contribution in [-0.2, 0) is 12.8 Å². The molecule has 7 heteroatoms. The maximum absolute atomic E-state index is 13.0. The summed E-state index contributed by atoms with van der Waals surface area (Å²) in [4.78, 5) is 19.4. The first-order chi connectivity index (χ1) is 14.6. The number of hydrogen-bond donors (Lipinski definition) is 1. The summed E-state index contributed by atoms with van der Waals surface area (Å²) in [7, 11) is 1.66. The Bertz CT molecular complexity index is 1020. The van der Waals surface area contributed by atoms with E-state index in [2.05, 4.69) is 22.1 Å². The van der Waals surface area contributed by atoms with Crippen molar-refractivity contribution in [3.05, 3.63) is 64.6 Å². The molecule has 1 N–H and O–H groups in total. The van der Waals surface area contributed by atoms with Crippen molar-refractivity contribution >= 4 is 5.91 Å². The molecule has 30 heavy (non-hydrogen) atoms. The highest BCUT2D eigenvalue weighted by molar-refractivity contribution is 5.94. The zero-order chi connectivity index (χ0) is 21.1. The van der Waals surface area contributed by atoms with Crippen LogP contribution >= 0.6 is 0 Å². The van der Waals surface area contributed by atoms with Gasteiger partial charge in [-0.05, 0) is 43.9 Å². The van der Waals surface area contributed by atoms with Crippen LogP contribution in [0.2, 0.25) is 0 Å². The number of rotatable bonds is 6. The van der Waals surface area contributed by atoms with E-state index in [4.69, 9.17) is 9.15 Å². The van der Waals surface area contributed by atoms with Gasteiger partial charge in [-0.15, -0.1) is 0 Å². The molecule has 1 fully saturated rings. The molecule has 4 rings (SSSR count). The Labute approximate surface area is 176 Å². The van der Waals surface area contributed by atoms with Gasteiger partial charge in [0.15, 0.2) is 11.6 Å². The van der Waals surface area contributed by atoms with Gasteiger partial charge in [0.1, 0.15) is 11.5 Å². The molecule has 0 aliphatic carbocycles. The Balaban J connectivity index is 1.44. The Morgan fingerprint density at radius 3 is 3.03 bits per heavy atom. The Kier molecular flexibility index (Phi) is 5.88. The van der Waals surface area contributed by atoms with Crippen LogP contribution in [0.25, 0.3) is 0 Å². The number of H-pyrrole nitrogens is 1. The van der Waals surface area contributed by atoms with Gasteiger partial charge in [-0.1, -0.05) is 19.1 Å². The molecule has 1 aromatic carbocycles. The monoisotopic (exact) mass is 408 g/mol. The lowest BCUT2D eigenvalue weighted by atomic mass is 9.97. The van der Waals surface area contributed by atoms with Crippen molar-refractivity contribution in [2.45, 2.75) is 45.4 Å². The van der Waals surface area contributed by atoms with Crippen LogP contribution < -0.4 is 4.74 Å². The van der Waals surface area contributed by atoms with Gasteiger partial charge in [0.2, 0.25) is 0 Å². The van der Waals surface area contributed by atoms with E-state index >= 15 is 0 Å². The smallest absolute Gasteiger partial charge is 0.274 e. The summed E-state index contributed by atoms with van der Waals surface area (Å²) >= 11 is 0. The number of likely N-dealkylation sites (tertiary alicyclic amines) is 1. The fraction of sp³-hybridized carbons (Fsp3) is 0.435. The van der Waals surface area contributed by atoms with E-state index in [0.717, 1.165) is 54.1 Å². The maximum Gasteiger partial charge on any atom is 0.274 e. The third-order valence-electron chi connectivity index (χ3n) is 5.81. The second-order valence-corrected chi connectivity index (χ2v) is 7.81. The van der Waals surface area contributed by atoms with Crippen LogP contribution in [0, 0.1) is 6.92 Å². The predicted octanol–water partition coefficient (Wildman–Crippen LogP) is 3.89. The highest BCUT2D eigenvalue weighted by Gasteiger charge is 2.30. The Morgan fingerprint density at radius 2 is 2.27 bits per heavy atom. The molecule has 1 aliphatic rings. The Morgan fingerprint density at radius 1 is 1.40 bits per heavy atom. The van der Waals surface area contributed by atoms with Gasteiger partial charge in [0.25, 0.3) is 5.91 Å². The number of carbonyl (C=O) groups excluding carboxylic acids is 1. The van der Waals surface area contributed by atoms with Crippen molar-refractivity contribution in [3.8, 4) is 5.75 Å². The number of aromatic amines is 1. The second-order valence-electron chi connectivity index (χ2n) is 7.81. The van der Waals surface area contributed by atoms with Gasteiger partial charge in [0, 0.05) is 30.8 Å². The number of hydrogen-bond acceptors (Lipinski definition) is 5. The van der Waals surface area contributed by atoms with E-state index in [9.17, 15) is 4.79 Å². The van der Waals surface area contributed by atoms with Crippen molar-refractivity contribution in [1.82, 2.24) is 20.1 Å². The molecule has 3 aromatic rings. The highest BCUT2D eigenvalue weighted by Crippen LogP contribution is 2.28. The fourth-order valence-corrected chi connectivity index (χ4v) is 4.08. The average molecular weight is 409 g/mol. The molecule has 1 saturated heterocycles. The number of nitrogens with one attached hydrogen (secondary N) is 1. The number of carbonyl (C=O) groups is 1. The summed E-state index contributed by atoms with van der Waals surface area (Å²) in [5.41, 5.74) is 3.60. The standard InChI is InChI=1S/C23H28N4O3/c1-4-20-15(2)21(26-25-20)23(28)27-10-6-8-17(14-27)22-24-13-19(30-22)12-16-7-5-9-18(11-16)29-3/h5,7,9,11,13,17H,4,6,8,10,12,14H2,1-3H3,(H,25,26). The first-order valence-corrected chi connectivity index (χ1v) is 10.5. The minimum absolute atomic E-state index is 0.0173. The van der Waals surface area contributed by atoms with Crippen molar-refractivity contribution < 1.29 is 13.9 Å². The Hall–Kier alpha value is -3.09. The van der Waals surface area contributed by atoms with E-state index in [0.29, 0.717) is 24.6 Å². The number of methoxy groups -OCH3 is 1. The molecule has 2 aromatic heterocycles. The molecule has 158 valence electrons. The lowest BCUT2D eigenvalue weighted by molar-refractivity contribution is 0.0691. The number of piperidine rings is 1. The van der Waals surface area contributed by atoms with Gasteiger partial charge in [-0.3, -0.25) is 9.89 Å². The molecular weight excluding hydrogens is 380 g/mol. The van der Waals surface area contributed by atoms with Gasteiger partial charge < -0.3 is 14.1 Å². The number of aromatic nitrogens is 3. The van der Waals surface area contributed by atoms with E-state index in [-0.39, 0.29) is 11.8 Å². The molecule has 7 nitrogen and oxygen atoms in total. The zero-order valence-corrected chi connectivity index (χ0v) is 17.8. The summed E-state index contributed by atoms with van der Waals surface area (Å²) in [6, 6.07) is 7.94. The number of aryl methyl sites for hydroxylation is 1.